The van der Waals surface area contributed by atoms with Crippen molar-refractivity contribution >= 4 is 27.5 Å². The number of likely N-dealkylation sites (N-methyl/N-ethyl adjacent to an activating group) is 1. The van der Waals surface area contributed by atoms with Crippen molar-refractivity contribution in [2.75, 3.05) is 44.7 Å². The highest BCUT2D eigenvalue weighted by Gasteiger charge is 2.25. The third-order valence-electron chi connectivity index (χ3n) is 3.43. The number of rotatable bonds is 4. The van der Waals surface area contributed by atoms with Gasteiger partial charge in [-0.25, -0.2) is 0 Å². The Bertz CT molecular complexity index is 464. The lowest BCUT2D eigenvalue weighted by Gasteiger charge is -2.35. The summed E-state index contributed by atoms with van der Waals surface area (Å²) in [5, 5.41) is 3.12. The minimum absolute atomic E-state index is 0.188. The van der Waals surface area contributed by atoms with Crippen molar-refractivity contribution in [3.8, 4) is 0 Å². The molecule has 2 rings (SSSR count). The second kappa shape index (κ2) is 6.50. The molecule has 1 aromatic carbocycles. The summed E-state index contributed by atoms with van der Waals surface area (Å²) in [5.74, 6) is 0.188. The molecule has 0 spiro atoms. The van der Waals surface area contributed by atoms with Crippen LogP contribution in [0.3, 0.4) is 0 Å². The zero-order chi connectivity index (χ0) is 13.8. The summed E-state index contributed by atoms with van der Waals surface area (Å²) in [6.07, 6.45) is 0. The number of nitrogens with one attached hydrogen (secondary N) is 1. The van der Waals surface area contributed by atoms with Crippen LogP contribution in [0.2, 0.25) is 0 Å². The van der Waals surface area contributed by atoms with Crippen LogP contribution in [0.1, 0.15) is 5.56 Å². The number of hydrogen-bond donors (Lipinski definition) is 1. The SMILES string of the molecule is CNCCN1CCN(c2ccc(Br)cc2C)C(=O)C1. The van der Waals surface area contributed by atoms with Gasteiger partial charge in [0.05, 0.1) is 6.54 Å². The van der Waals surface area contributed by atoms with E-state index in [-0.39, 0.29) is 5.91 Å². The zero-order valence-electron chi connectivity index (χ0n) is 11.4. The molecular weight excluding hydrogens is 306 g/mol. The van der Waals surface area contributed by atoms with E-state index in [1.165, 1.54) is 0 Å². The van der Waals surface area contributed by atoms with Crippen LogP contribution in [0.4, 0.5) is 5.69 Å². The van der Waals surface area contributed by atoms with E-state index < -0.39 is 0 Å². The molecule has 19 heavy (non-hydrogen) atoms. The summed E-state index contributed by atoms with van der Waals surface area (Å²) in [6.45, 7) is 6.10. The highest BCUT2D eigenvalue weighted by Crippen LogP contribution is 2.25. The third-order valence-corrected chi connectivity index (χ3v) is 3.92. The molecule has 0 aliphatic carbocycles. The number of benzene rings is 1. The van der Waals surface area contributed by atoms with Gasteiger partial charge in [-0.1, -0.05) is 15.9 Å². The first kappa shape index (κ1) is 14.5. The van der Waals surface area contributed by atoms with Crippen LogP contribution >= 0.6 is 15.9 Å². The molecule has 0 aromatic heterocycles. The van der Waals surface area contributed by atoms with E-state index in [1.807, 2.05) is 31.0 Å². The van der Waals surface area contributed by atoms with Crippen LogP contribution in [0.5, 0.6) is 0 Å². The van der Waals surface area contributed by atoms with Gasteiger partial charge in [-0.2, -0.15) is 0 Å². The Hall–Kier alpha value is -0.910. The highest BCUT2D eigenvalue weighted by atomic mass is 79.9. The van der Waals surface area contributed by atoms with Gasteiger partial charge < -0.3 is 10.2 Å². The average molecular weight is 326 g/mol. The van der Waals surface area contributed by atoms with Gasteiger partial charge in [0.2, 0.25) is 5.91 Å². The van der Waals surface area contributed by atoms with Crippen molar-refractivity contribution in [3.05, 3.63) is 28.2 Å². The molecule has 1 fully saturated rings. The molecule has 0 unspecified atom stereocenters. The molecule has 1 aliphatic rings. The van der Waals surface area contributed by atoms with Gasteiger partial charge in [0.15, 0.2) is 0 Å². The van der Waals surface area contributed by atoms with Crippen LogP contribution in [-0.2, 0) is 4.79 Å². The second-order valence-electron chi connectivity index (χ2n) is 4.86. The fraction of sp³-hybridized carbons (Fsp3) is 0.500. The predicted molar refractivity (Wildman–Crippen MR) is 81.6 cm³/mol. The van der Waals surface area contributed by atoms with E-state index in [0.29, 0.717) is 6.54 Å². The number of hydrogen-bond acceptors (Lipinski definition) is 3. The van der Waals surface area contributed by atoms with Crippen molar-refractivity contribution in [2.45, 2.75) is 6.92 Å². The topological polar surface area (TPSA) is 35.6 Å². The molecular formula is C14H20BrN3O. The van der Waals surface area contributed by atoms with Gasteiger partial charge in [-0.15, -0.1) is 0 Å². The molecule has 0 atom stereocenters. The minimum Gasteiger partial charge on any atom is -0.318 e. The van der Waals surface area contributed by atoms with E-state index in [1.54, 1.807) is 0 Å². The Labute approximate surface area is 122 Å². The number of nitrogens with zero attached hydrogens (tertiary/aromatic N) is 2. The summed E-state index contributed by atoms with van der Waals surface area (Å²) < 4.78 is 1.05. The molecule has 1 aliphatic heterocycles. The van der Waals surface area contributed by atoms with Crippen LogP contribution in [-0.4, -0.2) is 50.6 Å². The van der Waals surface area contributed by atoms with E-state index in [4.69, 9.17) is 0 Å². The number of halogens is 1. The molecule has 0 saturated carbocycles. The van der Waals surface area contributed by atoms with Gasteiger partial charge in [0, 0.05) is 36.3 Å². The number of piperazine rings is 1. The molecule has 1 saturated heterocycles. The van der Waals surface area contributed by atoms with Crippen molar-refractivity contribution < 1.29 is 4.79 Å². The summed E-state index contributed by atoms with van der Waals surface area (Å²) >= 11 is 3.45. The molecule has 1 amide bonds. The van der Waals surface area contributed by atoms with Gasteiger partial charge in [0.25, 0.3) is 0 Å². The van der Waals surface area contributed by atoms with Gasteiger partial charge in [-0.3, -0.25) is 9.69 Å². The Kier molecular flexibility index (Phi) is 4.96. The van der Waals surface area contributed by atoms with Gasteiger partial charge in [-0.05, 0) is 37.7 Å². The first-order valence-corrected chi connectivity index (χ1v) is 7.34. The van der Waals surface area contributed by atoms with E-state index in [0.717, 1.165) is 41.9 Å². The lowest BCUT2D eigenvalue weighted by atomic mass is 10.1. The monoisotopic (exact) mass is 325 g/mol. The quantitative estimate of drug-likeness (QED) is 0.913. The van der Waals surface area contributed by atoms with E-state index in [2.05, 4.69) is 32.2 Å². The largest absolute Gasteiger partial charge is 0.318 e. The Balaban J connectivity index is 2.05. The molecule has 0 bridgehead atoms. The molecule has 5 heteroatoms. The summed E-state index contributed by atoms with van der Waals surface area (Å²) in [4.78, 5) is 16.4. The smallest absolute Gasteiger partial charge is 0.241 e. The molecule has 1 aromatic rings. The number of anilines is 1. The van der Waals surface area contributed by atoms with Crippen LogP contribution in [0, 0.1) is 6.92 Å². The molecule has 4 nitrogen and oxygen atoms in total. The molecule has 104 valence electrons. The zero-order valence-corrected chi connectivity index (χ0v) is 13.0. The Morgan fingerprint density at radius 2 is 2.16 bits per heavy atom. The van der Waals surface area contributed by atoms with Crippen molar-refractivity contribution in [2.24, 2.45) is 0 Å². The first-order chi connectivity index (χ1) is 9.11. The maximum Gasteiger partial charge on any atom is 0.241 e. The third kappa shape index (κ3) is 3.55. The van der Waals surface area contributed by atoms with Crippen LogP contribution < -0.4 is 10.2 Å². The average Bonchev–Trinajstić information content (AvgIpc) is 2.37. The second-order valence-corrected chi connectivity index (χ2v) is 5.77. The summed E-state index contributed by atoms with van der Waals surface area (Å²) in [5.41, 5.74) is 2.16. The van der Waals surface area contributed by atoms with E-state index >= 15 is 0 Å². The first-order valence-electron chi connectivity index (χ1n) is 6.55. The molecule has 1 heterocycles. The number of amides is 1. The lowest BCUT2D eigenvalue weighted by Crippen LogP contribution is -2.51. The fourth-order valence-corrected chi connectivity index (χ4v) is 2.83. The van der Waals surface area contributed by atoms with Crippen LogP contribution in [0.25, 0.3) is 0 Å². The predicted octanol–water partition coefficient (Wildman–Crippen LogP) is 1.63. The summed E-state index contributed by atoms with van der Waals surface area (Å²) in [6, 6.07) is 6.06. The maximum atomic E-state index is 12.3. The Morgan fingerprint density at radius 3 is 2.79 bits per heavy atom. The molecule has 0 radical (unpaired) electrons. The van der Waals surface area contributed by atoms with E-state index in [9.17, 15) is 4.79 Å². The summed E-state index contributed by atoms with van der Waals surface area (Å²) in [7, 11) is 1.93. The maximum absolute atomic E-state index is 12.3. The van der Waals surface area contributed by atoms with Gasteiger partial charge in [0.1, 0.15) is 0 Å². The molecule has 1 N–H and O–H groups in total. The van der Waals surface area contributed by atoms with Gasteiger partial charge >= 0.3 is 0 Å². The minimum atomic E-state index is 0.188. The number of carbonyl (C=O) groups excluding carboxylic acids is 1. The normalized spacial score (nSPS) is 17.0. The van der Waals surface area contributed by atoms with Crippen molar-refractivity contribution in [3.63, 3.8) is 0 Å². The Morgan fingerprint density at radius 1 is 1.37 bits per heavy atom. The van der Waals surface area contributed by atoms with Crippen LogP contribution in [0.15, 0.2) is 22.7 Å². The van der Waals surface area contributed by atoms with Crippen molar-refractivity contribution in [1.82, 2.24) is 10.2 Å². The number of aryl methyl sites for hydroxylation is 1. The lowest BCUT2D eigenvalue weighted by molar-refractivity contribution is -0.121. The standard InChI is InChI=1S/C14H20BrN3O/c1-11-9-12(15)3-4-13(11)18-8-7-17(6-5-16-2)10-14(18)19/h3-4,9,16H,5-8,10H2,1-2H3. The highest BCUT2D eigenvalue weighted by molar-refractivity contribution is 9.10. The van der Waals surface area contributed by atoms with Crippen molar-refractivity contribution in [1.29, 1.82) is 0 Å². The fourth-order valence-electron chi connectivity index (χ4n) is 2.36. The number of carbonyl (C=O) groups is 1.